The molecular formula is C16H13ClF3NO3S. The summed E-state index contributed by atoms with van der Waals surface area (Å²) in [5, 5.41) is -0.0683. The summed E-state index contributed by atoms with van der Waals surface area (Å²) in [4.78, 5) is 12.0. The highest BCUT2D eigenvalue weighted by Crippen LogP contribution is 2.36. The van der Waals surface area contributed by atoms with E-state index in [-0.39, 0.29) is 10.7 Å². The van der Waals surface area contributed by atoms with Crippen LogP contribution in [0.1, 0.15) is 5.56 Å². The van der Waals surface area contributed by atoms with E-state index in [0.29, 0.717) is 4.90 Å². The van der Waals surface area contributed by atoms with Crippen LogP contribution in [0.3, 0.4) is 0 Å². The number of benzene rings is 2. The number of carbonyl (C=O) groups excluding carboxylic acids is 1. The topological polar surface area (TPSA) is 46.6 Å². The van der Waals surface area contributed by atoms with Gasteiger partial charge in [0, 0.05) is 0 Å². The summed E-state index contributed by atoms with van der Waals surface area (Å²) >= 11 is 6.00. The quantitative estimate of drug-likeness (QED) is 0.722. The zero-order chi connectivity index (χ0) is 18.6. The van der Waals surface area contributed by atoms with Gasteiger partial charge in [-0.1, -0.05) is 29.8 Å². The van der Waals surface area contributed by atoms with Gasteiger partial charge in [0.05, 0.1) is 28.3 Å². The molecule has 0 saturated carbocycles. The van der Waals surface area contributed by atoms with Gasteiger partial charge < -0.3 is 4.74 Å². The molecule has 1 unspecified atom stereocenters. The van der Waals surface area contributed by atoms with Crippen molar-refractivity contribution < 1.29 is 26.9 Å². The van der Waals surface area contributed by atoms with Crippen LogP contribution in [0.15, 0.2) is 53.4 Å². The monoisotopic (exact) mass is 391 g/mol. The first-order valence-electron chi connectivity index (χ1n) is 6.92. The Morgan fingerprint density at radius 1 is 1.20 bits per heavy atom. The molecular weight excluding hydrogens is 379 g/mol. The molecule has 2 rings (SSSR count). The lowest BCUT2D eigenvalue weighted by Crippen LogP contribution is -2.33. The molecule has 0 bridgehead atoms. The number of alkyl halides is 3. The van der Waals surface area contributed by atoms with Crippen molar-refractivity contribution in [2.24, 2.45) is 0 Å². The summed E-state index contributed by atoms with van der Waals surface area (Å²) in [5.41, 5.74) is -1.14. The van der Waals surface area contributed by atoms with Crippen LogP contribution in [0.5, 0.6) is 0 Å². The van der Waals surface area contributed by atoms with Crippen molar-refractivity contribution in [2.45, 2.75) is 11.1 Å². The normalized spacial score (nSPS) is 12.5. The number of ether oxygens (including phenoxy) is 1. The van der Waals surface area contributed by atoms with Gasteiger partial charge in [0.1, 0.15) is 6.54 Å². The fourth-order valence-corrected chi connectivity index (χ4v) is 3.43. The second kappa shape index (κ2) is 7.88. The average Bonchev–Trinajstić information content (AvgIpc) is 2.59. The number of carbonyl (C=O) groups is 1. The highest BCUT2D eigenvalue weighted by atomic mass is 35.5. The van der Waals surface area contributed by atoms with Crippen LogP contribution in [0.2, 0.25) is 5.02 Å². The Kier molecular flexibility index (Phi) is 6.07. The number of halogens is 4. The predicted molar refractivity (Wildman–Crippen MR) is 88.7 cm³/mol. The van der Waals surface area contributed by atoms with Crippen LogP contribution in [-0.4, -0.2) is 23.8 Å². The lowest BCUT2D eigenvalue weighted by Gasteiger charge is -2.24. The summed E-state index contributed by atoms with van der Waals surface area (Å²) < 4.78 is 57.3. The SMILES string of the molecule is COC(=O)CN(c1cc(C(F)(F)F)ccc1Cl)S(=O)c1ccccc1. The van der Waals surface area contributed by atoms with E-state index >= 15 is 0 Å². The van der Waals surface area contributed by atoms with Crippen molar-refractivity contribution in [1.29, 1.82) is 0 Å². The summed E-state index contributed by atoms with van der Waals surface area (Å²) in [7, 11) is -0.834. The molecule has 2 aromatic carbocycles. The van der Waals surface area contributed by atoms with Gasteiger partial charge in [0.2, 0.25) is 0 Å². The first-order valence-corrected chi connectivity index (χ1v) is 8.40. The van der Waals surface area contributed by atoms with E-state index < -0.39 is 35.2 Å². The molecule has 0 saturated heterocycles. The van der Waals surface area contributed by atoms with Gasteiger partial charge in [-0.25, -0.2) is 4.21 Å². The Morgan fingerprint density at radius 3 is 2.40 bits per heavy atom. The summed E-state index contributed by atoms with van der Waals surface area (Å²) in [6, 6.07) is 10.6. The van der Waals surface area contributed by atoms with Crippen LogP contribution in [0.25, 0.3) is 0 Å². The highest BCUT2D eigenvalue weighted by Gasteiger charge is 2.32. The molecule has 0 radical (unpaired) electrons. The van der Waals surface area contributed by atoms with Gasteiger partial charge in [-0.15, -0.1) is 0 Å². The zero-order valence-electron chi connectivity index (χ0n) is 12.9. The smallest absolute Gasteiger partial charge is 0.416 e. The van der Waals surface area contributed by atoms with Gasteiger partial charge in [0.25, 0.3) is 0 Å². The summed E-state index contributed by atoms with van der Waals surface area (Å²) in [5.74, 6) is -0.766. The number of anilines is 1. The van der Waals surface area contributed by atoms with E-state index in [2.05, 4.69) is 4.74 Å². The predicted octanol–water partition coefficient (Wildman–Crippen LogP) is 4.06. The molecule has 2 aromatic rings. The Morgan fingerprint density at radius 2 is 1.84 bits per heavy atom. The maximum absolute atomic E-state index is 13.0. The molecule has 0 fully saturated rings. The molecule has 0 aliphatic heterocycles. The molecule has 0 aromatic heterocycles. The molecule has 0 aliphatic rings. The van der Waals surface area contributed by atoms with E-state index in [1.54, 1.807) is 18.2 Å². The zero-order valence-corrected chi connectivity index (χ0v) is 14.5. The molecule has 0 aliphatic carbocycles. The third-order valence-corrected chi connectivity index (χ3v) is 4.91. The standard InChI is InChI=1S/C16H13ClF3NO3S/c1-24-15(22)10-21(25(23)12-5-3-2-4-6-12)14-9-11(16(18,19)20)7-8-13(14)17/h2-9H,10H2,1H3. The number of esters is 1. The largest absolute Gasteiger partial charge is 0.468 e. The maximum Gasteiger partial charge on any atom is 0.416 e. The third-order valence-electron chi connectivity index (χ3n) is 3.19. The molecule has 0 N–H and O–H groups in total. The molecule has 0 spiro atoms. The molecule has 0 amide bonds. The number of hydrogen-bond acceptors (Lipinski definition) is 3. The highest BCUT2D eigenvalue weighted by molar-refractivity contribution is 7.86. The fraction of sp³-hybridized carbons (Fsp3) is 0.188. The molecule has 134 valence electrons. The minimum atomic E-state index is -4.61. The van der Waals surface area contributed by atoms with Crippen molar-refractivity contribution in [3.63, 3.8) is 0 Å². The van der Waals surface area contributed by atoms with Crippen molar-refractivity contribution in [3.8, 4) is 0 Å². The van der Waals surface area contributed by atoms with E-state index in [9.17, 15) is 22.2 Å². The summed E-state index contributed by atoms with van der Waals surface area (Å²) in [6.07, 6.45) is -4.61. The van der Waals surface area contributed by atoms with Gasteiger partial charge in [-0.2, -0.15) is 13.2 Å². The van der Waals surface area contributed by atoms with Gasteiger partial charge in [-0.3, -0.25) is 9.10 Å². The molecule has 9 heteroatoms. The second-order valence-electron chi connectivity index (χ2n) is 4.84. The number of hydrogen-bond donors (Lipinski definition) is 0. The maximum atomic E-state index is 13.0. The van der Waals surface area contributed by atoms with Gasteiger partial charge in [0.15, 0.2) is 11.0 Å². The lowest BCUT2D eigenvalue weighted by molar-refractivity contribution is -0.138. The Bertz CT molecular complexity index is 784. The minimum absolute atomic E-state index is 0.0683. The van der Waals surface area contributed by atoms with Crippen LogP contribution in [0.4, 0.5) is 18.9 Å². The average molecular weight is 392 g/mol. The van der Waals surface area contributed by atoms with Crippen molar-refractivity contribution in [3.05, 3.63) is 59.1 Å². The number of nitrogens with zero attached hydrogens (tertiary/aromatic N) is 1. The van der Waals surface area contributed by atoms with Crippen LogP contribution in [-0.2, 0) is 26.7 Å². The molecule has 25 heavy (non-hydrogen) atoms. The first kappa shape index (κ1) is 19.3. The van der Waals surface area contributed by atoms with E-state index in [1.165, 1.54) is 12.1 Å². The Balaban J connectivity index is 2.52. The molecule has 4 nitrogen and oxygen atoms in total. The first-order chi connectivity index (χ1) is 11.7. The van der Waals surface area contributed by atoms with Crippen LogP contribution < -0.4 is 4.31 Å². The third kappa shape index (κ3) is 4.73. The second-order valence-corrected chi connectivity index (χ2v) is 6.66. The fourth-order valence-electron chi connectivity index (χ4n) is 1.96. The van der Waals surface area contributed by atoms with Crippen molar-refractivity contribution in [1.82, 2.24) is 0 Å². The Labute approximate surface area is 149 Å². The van der Waals surface area contributed by atoms with E-state index in [4.69, 9.17) is 11.6 Å². The summed E-state index contributed by atoms with van der Waals surface area (Å²) in [6.45, 7) is -0.529. The molecule has 0 heterocycles. The van der Waals surface area contributed by atoms with Gasteiger partial charge in [-0.05, 0) is 30.3 Å². The van der Waals surface area contributed by atoms with E-state index in [0.717, 1.165) is 29.6 Å². The van der Waals surface area contributed by atoms with Crippen LogP contribution in [0, 0.1) is 0 Å². The Hall–Kier alpha value is -2.06. The van der Waals surface area contributed by atoms with Crippen LogP contribution >= 0.6 is 11.6 Å². The number of methoxy groups -OCH3 is 1. The van der Waals surface area contributed by atoms with Crippen molar-refractivity contribution >= 4 is 34.2 Å². The minimum Gasteiger partial charge on any atom is -0.468 e. The van der Waals surface area contributed by atoms with E-state index in [1.807, 2.05) is 0 Å². The van der Waals surface area contributed by atoms with Gasteiger partial charge >= 0.3 is 12.1 Å². The lowest BCUT2D eigenvalue weighted by atomic mass is 10.2. The van der Waals surface area contributed by atoms with Crippen molar-refractivity contribution in [2.75, 3.05) is 18.0 Å². The number of rotatable bonds is 5. The molecule has 1 atom stereocenters.